The quantitative estimate of drug-likeness (QED) is 0.690. The van der Waals surface area contributed by atoms with Crippen molar-refractivity contribution in [2.24, 2.45) is 0 Å². The van der Waals surface area contributed by atoms with Crippen molar-refractivity contribution in [3.8, 4) is 11.1 Å². The number of hydrogen-bond donors (Lipinski definition) is 1. The van der Waals surface area contributed by atoms with Gasteiger partial charge in [-0.3, -0.25) is 0 Å². The smallest absolute Gasteiger partial charge is 0.125 e. The third-order valence-corrected chi connectivity index (χ3v) is 2.83. The molecule has 1 aromatic heterocycles. The first kappa shape index (κ1) is 10.3. The molecule has 0 spiro atoms. The first-order chi connectivity index (χ1) is 8.22. The van der Waals surface area contributed by atoms with Crippen LogP contribution < -0.4 is 0 Å². The molecular weight excluding hydrogens is 239 g/mol. The van der Waals surface area contributed by atoms with Gasteiger partial charge in [-0.25, -0.2) is 9.37 Å². The zero-order valence-electron chi connectivity index (χ0n) is 8.74. The molecule has 0 saturated heterocycles. The number of hydrogen-bond acceptors (Lipinski definition) is 1. The fourth-order valence-electron chi connectivity index (χ4n) is 1.84. The van der Waals surface area contributed by atoms with E-state index in [4.69, 9.17) is 11.6 Å². The highest BCUT2D eigenvalue weighted by molar-refractivity contribution is 6.30. The molecule has 0 saturated carbocycles. The Morgan fingerprint density at radius 2 is 1.94 bits per heavy atom. The van der Waals surface area contributed by atoms with Gasteiger partial charge in [0.15, 0.2) is 0 Å². The average molecular weight is 247 g/mol. The first-order valence-electron chi connectivity index (χ1n) is 5.12. The molecule has 0 aliphatic carbocycles. The molecule has 0 unspecified atom stereocenters. The van der Waals surface area contributed by atoms with Crippen LogP contribution in [-0.2, 0) is 0 Å². The number of aromatic amines is 1. The van der Waals surface area contributed by atoms with E-state index in [9.17, 15) is 4.39 Å². The summed E-state index contributed by atoms with van der Waals surface area (Å²) in [6, 6.07) is 10.2. The summed E-state index contributed by atoms with van der Waals surface area (Å²) in [5, 5.41) is 0.393. The number of benzene rings is 2. The Morgan fingerprint density at radius 1 is 1.06 bits per heavy atom. The number of halogens is 2. The first-order valence-corrected chi connectivity index (χ1v) is 5.50. The molecule has 2 nitrogen and oxygen atoms in total. The zero-order chi connectivity index (χ0) is 11.8. The Bertz CT molecular complexity index is 670. The van der Waals surface area contributed by atoms with E-state index in [0.29, 0.717) is 5.02 Å². The number of rotatable bonds is 1. The largest absolute Gasteiger partial charge is 0.345 e. The van der Waals surface area contributed by atoms with Crippen LogP contribution in [0.5, 0.6) is 0 Å². The minimum atomic E-state index is -0.336. The summed E-state index contributed by atoms with van der Waals surface area (Å²) in [7, 11) is 0. The second kappa shape index (κ2) is 3.86. The molecule has 0 bridgehead atoms. The van der Waals surface area contributed by atoms with Gasteiger partial charge in [-0.05, 0) is 41.5 Å². The lowest BCUT2D eigenvalue weighted by molar-refractivity contribution is 0.628. The Balaban J connectivity index is 2.19. The summed E-state index contributed by atoms with van der Waals surface area (Å²) in [4.78, 5) is 7.15. The predicted octanol–water partition coefficient (Wildman–Crippen LogP) is 4.02. The van der Waals surface area contributed by atoms with E-state index < -0.39 is 0 Å². The van der Waals surface area contributed by atoms with Crippen molar-refractivity contribution < 1.29 is 4.39 Å². The van der Waals surface area contributed by atoms with E-state index in [2.05, 4.69) is 9.97 Å². The van der Waals surface area contributed by atoms with Crippen molar-refractivity contribution in [2.75, 3.05) is 0 Å². The minimum absolute atomic E-state index is 0.336. The van der Waals surface area contributed by atoms with Crippen molar-refractivity contribution >= 4 is 22.6 Å². The average Bonchev–Trinajstić information content (AvgIpc) is 2.74. The summed E-state index contributed by atoms with van der Waals surface area (Å²) in [5.74, 6) is -0.336. The lowest BCUT2D eigenvalue weighted by Crippen LogP contribution is -1.81. The van der Waals surface area contributed by atoms with Crippen LogP contribution in [0.15, 0.2) is 42.7 Å². The Morgan fingerprint density at radius 3 is 2.76 bits per heavy atom. The molecule has 0 aliphatic rings. The Hall–Kier alpha value is -1.87. The van der Waals surface area contributed by atoms with Crippen molar-refractivity contribution in [2.45, 2.75) is 0 Å². The number of aromatic nitrogens is 2. The van der Waals surface area contributed by atoms with Crippen LogP contribution in [-0.4, -0.2) is 9.97 Å². The fourth-order valence-corrected chi connectivity index (χ4v) is 2.06. The molecule has 0 atom stereocenters. The summed E-state index contributed by atoms with van der Waals surface area (Å²) in [6.07, 6.45) is 1.63. The van der Waals surface area contributed by atoms with Gasteiger partial charge in [-0.2, -0.15) is 0 Å². The minimum Gasteiger partial charge on any atom is -0.345 e. The number of nitrogens with zero attached hydrogens (tertiary/aromatic N) is 1. The summed E-state index contributed by atoms with van der Waals surface area (Å²) < 4.78 is 13.3. The lowest BCUT2D eigenvalue weighted by atomic mass is 10.1. The topological polar surface area (TPSA) is 28.7 Å². The van der Waals surface area contributed by atoms with E-state index in [-0.39, 0.29) is 5.82 Å². The third-order valence-electron chi connectivity index (χ3n) is 2.62. The van der Waals surface area contributed by atoms with Crippen molar-refractivity contribution in [1.29, 1.82) is 0 Å². The molecule has 0 radical (unpaired) electrons. The van der Waals surface area contributed by atoms with Crippen molar-refractivity contribution in [3.05, 3.63) is 53.6 Å². The Labute approximate surface area is 102 Å². The van der Waals surface area contributed by atoms with E-state index in [1.165, 1.54) is 12.1 Å². The van der Waals surface area contributed by atoms with Crippen LogP contribution in [0.3, 0.4) is 0 Å². The predicted molar refractivity (Wildman–Crippen MR) is 66.5 cm³/mol. The van der Waals surface area contributed by atoms with Crippen molar-refractivity contribution in [1.82, 2.24) is 9.97 Å². The summed E-state index contributed by atoms with van der Waals surface area (Å²) >= 11 is 5.84. The van der Waals surface area contributed by atoms with Gasteiger partial charge in [0.1, 0.15) is 5.82 Å². The molecular formula is C13H8ClFN2. The van der Waals surface area contributed by atoms with Crippen LogP contribution in [0.4, 0.5) is 4.39 Å². The van der Waals surface area contributed by atoms with Gasteiger partial charge in [-0.15, -0.1) is 0 Å². The summed E-state index contributed by atoms with van der Waals surface area (Å²) in [5.41, 5.74) is 3.47. The van der Waals surface area contributed by atoms with Gasteiger partial charge in [-0.1, -0.05) is 17.7 Å². The molecule has 17 heavy (non-hydrogen) atoms. The van der Waals surface area contributed by atoms with Crippen LogP contribution in [0.2, 0.25) is 5.02 Å². The lowest BCUT2D eigenvalue weighted by Gasteiger charge is -2.03. The highest BCUT2D eigenvalue weighted by atomic mass is 35.5. The molecule has 0 aliphatic heterocycles. The standard InChI is InChI=1S/C13H8ClFN2/c14-10-3-9(4-11(15)6-10)8-1-2-12-13(5-8)17-7-16-12/h1-7H,(H,16,17). The molecule has 84 valence electrons. The van der Waals surface area contributed by atoms with Crippen molar-refractivity contribution in [3.63, 3.8) is 0 Å². The van der Waals surface area contributed by atoms with Gasteiger partial charge in [0.25, 0.3) is 0 Å². The Kier molecular flexibility index (Phi) is 2.34. The number of imidazole rings is 1. The van der Waals surface area contributed by atoms with Crippen LogP contribution in [0.1, 0.15) is 0 Å². The van der Waals surface area contributed by atoms with Crippen LogP contribution in [0, 0.1) is 5.82 Å². The van der Waals surface area contributed by atoms with Gasteiger partial charge < -0.3 is 4.98 Å². The molecule has 2 aromatic carbocycles. The number of fused-ring (bicyclic) bond motifs is 1. The molecule has 3 rings (SSSR count). The number of nitrogens with one attached hydrogen (secondary N) is 1. The maximum absolute atomic E-state index is 13.3. The van der Waals surface area contributed by atoms with Gasteiger partial charge in [0.2, 0.25) is 0 Å². The maximum atomic E-state index is 13.3. The van der Waals surface area contributed by atoms with Crippen LogP contribution in [0.25, 0.3) is 22.2 Å². The second-order valence-electron chi connectivity index (χ2n) is 3.79. The van der Waals surface area contributed by atoms with Gasteiger partial charge >= 0.3 is 0 Å². The van der Waals surface area contributed by atoms with Gasteiger partial charge in [0.05, 0.1) is 17.4 Å². The molecule has 1 heterocycles. The van der Waals surface area contributed by atoms with E-state index >= 15 is 0 Å². The molecule has 4 heteroatoms. The molecule has 0 amide bonds. The highest BCUT2D eigenvalue weighted by Crippen LogP contribution is 2.26. The number of H-pyrrole nitrogens is 1. The molecule has 3 aromatic rings. The van der Waals surface area contributed by atoms with E-state index in [0.717, 1.165) is 22.2 Å². The summed E-state index contributed by atoms with van der Waals surface area (Å²) in [6.45, 7) is 0. The van der Waals surface area contributed by atoms with Crippen LogP contribution >= 0.6 is 11.6 Å². The monoisotopic (exact) mass is 246 g/mol. The van der Waals surface area contributed by atoms with E-state index in [1.54, 1.807) is 12.4 Å². The fraction of sp³-hybridized carbons (Fsp3) is 0. The second-order valence-corrected chi connectivity index (χ2v) is 4.23. The van der Waals surface area contributed by atoms with Gasteiger partial charge in [0, 0.05) is 5.02 Å². The molecule has 0 fully saturated rings. The SMILES string of the molecule is Fc1cc(Cl)cc(-c2ccc3nc[nH]c3c2)c1. The normalized spacial score (nSPS) is 10.9. The highest BCUT2D eigenvalue weighted by Gasteiger charge is 2.04. The van der Waals surface area contributed by atoms with E-state index in [1.807, 2.05) is 18.2 Å². The molecule has 1 N–H and O–H groups in total. The third kappa shape index (κ3) is 1.89. The maximum Gasteiger partial charge on any atom is 0.125 e. The zero-order valence-corrected chi connectivity index (χ0v) is 9.50.